The number of halogens is 1. The molecular formula is C11H9FN2OS. The Kier molecular flexibility index (Phi) is 2.96. The van der Waals surface area contributed by atoms with Crippen LogP contribution in [0.4, 0.5) is 10.2 Å². The summed E-state index contributed by atoms with van der Waals surface area (Å²) in [7, 11) is 0. The predicted molar refractivity (Wildman–Crippen MR) is 61.2 cm³/mol. The number of hydrogen-bond acceptors (Lipinski definition) is 3. The molecule has 2 aromatic rings. The van der Waals surface area contributed by atoms with Gasteiger partial charge in [-0.15, -0.1) is 11.3 Å². The Morgan fingerprint density at radius 2 is 2.25 bits per heavy atom. The fourth-order valence-electron chi connectivity index (χ4n) is 1.26. The number of carbonyl (C=O) groups is 1. The summed E-state index contributed by atoms with van der Waals surface area (Å²) in [6.07, 6.45) is 0. The molecule has 5 heteroatoms. The molecule has 0 aliphatic heterocycles. The second-order valence-corrected chi connectivity index (χ2v) is 4.15. The SMILES string of the molecule is Cc1ccsc1C(=O)Nc1cccc(F)n1. The molecule has 2 aromatic heterocycles. The van der Waals surface area contributed by atoms with Gasteiger partial charge >= 0.3 is 0 Å². The van der Waals surface area contributed by atoms with Crippen molar-refractivity contribution in [2.45, 2.75) is 6.92 Å². The minimum absolute atomic E-state index is 0.220. The fourth-order valence-corrected chi connectivity index (χ4v) is 2.08. The molecule has 0 saturated heterocycles. The summed E-state index contributed by atoms with van der Waals surface area (Å²) in [5.74, 6) is -0.649. The molecule has 0 aliphatic carbocycles. The molecule has 0 fully saturated rings. The summed E-state index contributed by atoms with van der Waals surface area (Å²) in [5, 5.41) is 4.38. The van der Waals surface area contributed by atoms with Crippen LogP contribution in [0.5, 0.6) is 0 Å². The van der Waals surface area contributed by atoms with Gasteiger partial charge in [0.05, 0.1) is 4.88 Å². The molecule has 82 valence electrons. The van der Waals surface area contributed by atoms with Crippen molar-refractivity contribution in [2.75, 3.05) is 5.32 Å². The molecule has 0 radical (unpaired) electrons. The maximum atomic E-state index is 12.8. The Hall–Kier alpha value is -1.75. The highest BCUT2D eigenvalue weighted by Crippen LogP contribution is 2.17. The summed E-state index contributed by atoms with van der Waals surface area (Å²) in [5.41, 5.74) is 0.902. The number of amides is 1. The molecule has 0 saturated carbocycles. The maximum absolute atomic E-state index is 12.8. The van der Waals surface area contributed by atoms with Gasteiger partial charge in [-0.2, -0.15) is 4.39 Å². The summed E-state index contributed by atoms with van der Waals surface area (Å²) >= 11 is 1.35. The normalized spacial score (nSPS) is 10.1. The Bertz CT molecular complexity index is 524. The lowest BCUT2D eigenvalue weighted by molar-refractivity contribution is 0.102. The van der Waals surface area contributed by atoms with Crippen LogP contribution in [-0.4, -0.2) is 10.9 Å². The summed E-state index contributed by atoms with van der Waals surface area (Å²) < 4.78 is 12.8. The number of rotatable bonds is 2. The van der Waals surface area contributed by atoms with Gasteiger partial charge in [0, 0.05) is 0 Å². The third-order valence-electron chi connectivity index (χ3n) is 2.03. The highest BCUT2D eigenvalue weighted by molar-refractivity contribution is 7.12. The van der Waals surface area contributed by atoms with Gasteiger partial charge in [0.15, 0.2) is 0 Å². The number of nitrogens with one attached hydrogen (secondary N) is 1. The molecule has 0 bridgehead atoms. The smallest absolute Gasteiger partial charge is 0.267 e. The van der Waals surface area contributed by atoms with Gasteiger partial charge in [-0.05, 0) is 36.1 Å². The number of hydrogen-bond donors (Lipinski definition) is 1. The van der Waals surface area contributed by atoms with Gasteiger partial charge in [0.2, 0.25) is 5.95 Å². The first kappa shape index (κ1) is 10.8. The van der Waals surface area contributed by atoms with Crippen LogP contribution >= 0.6 is 11.3 Å². The Morgan fingerprint density at radius 3 is 2.88 bits per heavy atom. The van der Waals surface area contributed by atoms with Crippen molar-refractivity contribution in [2.24, 2.45) is 0 Å². The van der Waals surface area contributed by atoms with E-state index in [1.165, 1.54) is 23.5 Å². The minimum Gasteiger partial charge on any atom is -0.306 e. The van der Waals surface area contributed by atoms with Crippen molar-refractivity contribution < 1.29 is 9.18 Å². The van der Waals surface area contributed by atoms with Crippen LogP contribution in [0, 0.1) is 12.9 Å². The molecular weight excluding hydrogens is 227 g/mol. The first-order chi connectivity index (χ1) is 7.66. The zero-order valence-corrected chi connectivity index (χ0v) is 9.34. The minimum atomic E-state index is -0.610. The lowest BCUT2D eigenvalue weighted by Crippen LogP contribution is -2.12. The van der Waals surface area contributed by atoms with Gasteiger partial charge in [0.25, 0.3) is 5.91 Å². The molecule has 1 N–H and O–H groups in total. The van der Waals surface area contributed by atoms with Crippen molar-refractivity contribution in [3.05, 3.63) is 46.0 Å². The van der Waals surface area contributed by atoms with Crippen molar-refractivity contribution in [1.82, 2.24) is 4.98 Å². The third-order valence-corrected chi connectivity index (χ3v) is 3.04. The number of nitrogens with zero attached hydrogens (tertiary/aromatic N) is 1. The van der Waals surface area contributed by atoms with Crippen LogP contribution in [0.1, 0.15) is 15.2 Å². The van der Waals surface area contributed by atoms with Crippen molar-refractivity contribution >= 4 is 23.1 Å². The van der Waals surface area contributed by atoms with Crippen LogP contribution in [0.15, 0.2) is 29.6 Å². The topological polar surface area (TPSA) is 42.0 Å². The number of thiophene rings is 1. The van der Waals surface area contributed by atoms with Crippen molar-refractivity contribution in [3.8, 4) is 0 Å². The van der Waals surface area contributed by atoms with Crippen LogP contribution in [0.2, 0.25) is 0 Å². The largest absolute Gasteiger partial charge is 0.306 e. The summed E-state index contributed by atoms with van der Waals surface area (Å²) in [4.78, 5) is 15.9. The fraction of sp³-hybridized carbons (Fsp3) is 0.0909. The molecule has 0 atom stereocenters. The van der Waals surface area contributed by atoms with Gasteiger partial charge < -0.3 is 5.32 Å². The van der Waals surface area contributed by atoms with E-state index in [4.69, 9.17) is 0 Å². The Morgan fingerprint density at radius 1 is 1.44 bits per heavy atom. The van der Waals surface area contributed by atoms with Crippen molar-refractivity contribution in [1.29, 1.82) is 0 Å². The predicted octanol–water partition coefficient (Wildman–Crippen LogP) is 2.84. The second kappa shape index (κ2) is 4.40. The van der Waals surface area contributed by atoms with Crippen LogP contribution in [0.25, 0.3) is 0 Å². The van der Waals surface area contributed by atoms with E-state index in [1.807, 2.05) is 18.4 Å². The van der Waals surface area contributed by atoms with Crippen LogP contribution < -0.4 is 5.32 Å². The van der Waals surface area contributed by atoms with Crippen LogP contribution in [-0.2, 0) is 0 Å². The van der Waals surface area contributed by atoms with E-state index in [-0.39, 0.29) is 11.7 Å². The highest BCUT2D eigenvalue weighted by atomic mass is 32.1. The van der Waals surface area contributed by atoms with E-state index < -0.39 is 5.95 Å². The second-order valence-electron chi connectivity index (χ2n) is 3.23. The first-order valence-corrected chi connectivity index (χ1v) is 5.53. The molecule has 0 aromatic carbocycles. The first-order valence-electron chi connectivity index (χ1n) is 4.65. The number of aryl methyl sites for hydroxylation is 1. The molecule has 16 heavy (non-hydrogen) atoms. The molecule has 3 nitrogen and oxygen atoms in total. The van der Waals surface area contributed by atoms with E-state index in [2.05, 4.69) is 10.3 Å². The molecule has 2 heterocycles. The lowest BCUT2D eigenvalue weighted by Gasteiger charge is -2.03. The van der Waals surface area contributed by atoms with Gasteiger partial charge in [0.1, 0.15) is 5.82 Å². The van der Waals surface area contributed by atoms with Gasteiger partial charge in [-0.3, -0.25) is 4.79 Å². The molecule has 1 amide bonds. The van der Waals surface area contributed by atoms with Crippen LogP contribution in [0.3, 0.4) is 0 Å². The summed E-state index contributed by atoms with van der Waals surface area (Å²) in [6.45, 7) is 1.85. The zero-order valence-electron chi connectivity index (χ0n) is 8.53. The maximum Gasteiger partial charge on any atom is 0.267 e. The van der Waals surface area contributed by atoms with Crippen molar-refractivity contribution in [3.63, 3.8) is 0 Å². The van der Waals surface area contributed by atoms with E-state index in [9.17, 15) is 9.18 Å². The van der Waals surface area contributed by atoms with Gasteiger partial charge in [-0.1, -0.05) is 6.07 Å². The third kappa shape index (κ3) is 2.25. The van der Waals surface area contributed by atoms with E-state index in [0.29, 0.717) is 4.88 Å². The van der Waals surface area contributed by atoms with E-state index >= 15 is 0 Å². The average molecular weight is 236 g/mol. The number of anilines is 1. The van der Waals surface area contributed by atoms with Gasteiger partial charge in [-0.25, -0.2) is 4.98 Å². The number of aromatic nitrogens is 1. The Balaban J connectivity index is 2.17. The highest BCUT2D eigenvalue weighted by Gasteiger charge is 2.11. The van der Waals surface area contributed by atoms with E-state index in [0.717, 1.165) is 5.56 Å². The molecule has 0 spiro atoms. The average Bonchev–Trinajstić information content (AvgIpc) is 2.64. The standard InChI is InChI=1S/C11H9FN2OS/c1-7-5-6-16-10(7)11(15)14-9-4-2-3-8(12)13-9/h2-6H,1H3,(H,13,14,15). The molecule has 0 aliphatic rings. The number of pyridine rings is 1. The zero-order chi connectivity index (χ0) is 11.5. The molecule has 2 rings (SSSR count). The number of carbonyl (C=O) groups excluding carboxylic acids is 1. The summed E-state index contributed by atoms with van der Waals surface area (Å²) in [6, 6.07) is 6.13. The Labute approximate surface area is 96.0 Å². The molecule has 0 unspecified atom stereocenters. The lowest BCUT2D eigenvalue weighted by atomic mass is 10.3. The van der Waals surface area contributed by atoms with E-state index in [1.54, 1.807) is 6.07 Å². The monoisotopic (exact) mass is 236 g/mol. The quantitative estimate of drug-likeness (QED) is 0.815.